The van der Waals surface area contributed by atoms with Crippen molar-refractivity contribution in [2.75, 3.05) is 39.3 Å². The molecule has 5 nitrogen and oxygen atoms in total. The molecule has 0 unspecified atom stereocenters. The molecule has 5 heteroatoms. The van der Waals surface area contributed by atoms with Crippen molar-refractivity contribution in [2.45, 2.75) is 26.2 Å². The van der Waals surface area contributed by atoms with Gasteiger partial charge in [-0.3, -0.25) is 14.5 Å². The minimum Gasteiger partial charge on any atom is -0.355 e. The smallest absolute Gasteiger partial charge is 0.223 e. The van der Waals surface area contributed by atoms with Gasteiger partial charge in [0, 0.05) is 52.1 Å². The number of aryl methyl sites for hydroxylation is 1. The molecule has 1 N–H and O–H groups in total. The average Bonchev–Trinajstić information content (AvgIpc) is 3.36. The average molecular weight is 329 g/mol. The standard InChI is InChI=1S/C19H27N3O2/c1-14-4-3-5-16(12-14)17-13-18(17)19(24)20-6-7-21-8-10-22(11-9-21)15(2)23/h3-5,12,17-18H,6-11,13H2,1-2H3,(H,20,24)/t17-,18+/m0/s1. The van der Waals surface area contributed by atoms with Gasteiger partial charge in [0.05, 0.1) is 0 Å². The van der Waals surface area contributed by atoms with Crippen LogP contribution >= 0.6 is 0 Å². The highest BCUT2D eigenvalue weighted by Gasteiger charge is 2.43. The lowest BCUT2D eigenvalue weighted by Gasteiger charge is -2.34. The van der Waals surface area contributed by atoms with Gasteiger partial charge in [0.15, 0.2) is 0 Å². The van der Waals surface area contributed by atoms with Gasteiger partial charge in [0.2, 0.25) is 11.8 Å². The van der Waals surface area contributed by atoms with E-state index in [9.17, 15) is 9.59 Å². The van der Waals surface area contributed by atoms with Crippen molar-refractivity contribution >= 4 is 11.8 Å². The first-order chi connectivity index (χ1) is 11.5. The Labute approximate surface area is 144 Å². The normalized spacial score (nSPS) is 23.8. The first kappa shape index (κ1) is 17.0. The molecular weight excluding hydrogens is 302 g/mol. The second-order valence-corrected chi connectivity index (χ2v) is 7.00. The summed E-state index contributed by atoms with van der Waals surface area (Å²) < 4.78 is 0. The third-order valence-corrected chi connectivity index (χ3v) is 5.14. The largest absolute Gasteiger partial charge is 0.355 e. The SMILES string of the molecule is CC(=O)N1CCN(CCNC(=O)[C@@H]2C[C@H]2c2cccc(C)c2)CC1. The molecule has 24 heavy (non-hydrogen) atoms. The van der Waals surface area contributed by atoms with Crippen molar-refractivity contribution in [1.29, 1.82) is 0 Å². The molecule has 2 amide bonds. The van der Waals surface area contributed by atoms with Gasteiger partial charge in [-0.25, -0.2) is 0 Å². The molecule has 3 rings (SSSR count). The molecule has 0 aromatic heterocycles. The van der Waals surface area contributed by atoms with Crippen LogP contribution in [0.25, 0.3) is 0 Å². The highest BCUT2D eigenvalue weighted by atomic mass is 16.2. The summed E-state index contributed by atoms with van der Waals surface area (Å²) in [6, 6.07) is 8.47. The first-order valence-electron chi connectivity index (χ1n) is 8.87. The van der Waals surface area contributed by atoms with Crippen LogP contribution in [0.4, 0.5) is 0 Å². The Balaban J connectivity index is 1.36. The maximum absolute atomic E-state index is 12.3. The molecule has 1 aliphatic heterocycles. The Morgan fingerprint density at radius 2 is 1.96 bits per heavy atom. The number of nitrogens with one attached hydrogen (secondary N) is 1. The van der Waals surface area contributed by atoms with Crippen molar-refractivity contribution in [3.05, 3.63) is 35.4 Å². The maximum atomic E-state index is 12.3. The number of rotatable bonds is 5. The van der Waals surface area contributed by atoms with Crippen LogP contribution < -0.4 is 5.32 Å². The summed E-state index contributed by atoms with van der Waals surface area (Å²) in [6.45, 7) is 8.64. The third kappa shape index (κ3) is 4.15. The van der Waals surface area contributed by atoms with Crippen LogP contribution in [0.2, 0.25) is 0 Å². The molecule has 1 aliphatic carbocycles. The van der Waals surface area contributed by atoms with E-state index in [0.717, 1.165) is 39.1 Å². The molecule has 2 atom stereocenters. The number of carbonyl (C=O) groups is 2. The lowest BCUT2D eigenvalue weighted by molar-refractivity contribution is -0.130. The highest BCUT2D eigenvalue weighted by molar-refractivity contribution is 5.82. The Hall–Kier alpha value is -1.88. The predicted octanol–water partition coefficient (Wildman–Crippen LogP) is 1.38. The van der Waals surface area contributed by atoms with E-state index in [1.165, 1.54) is 11.1 Å². The number of benzene rings is 1. The van der Waals surface area contributed by atoms with Crippen LogP contribution in [-0.2, 0) is 9.59 Å². The Morgan fingerprint density at radius 3 is 2.62 bits per heavy atom. The molecule has 1 heterocycles. The summed E-state index contributed by atoms with van der Waals surface area (Å²) in [5.74, 6) is 0.869. The molecular formula is C19H27N3O2. The van der Waals surface area contributed by atoms with Crippen molar-refractivity contribution in [2.24, 2.45) is 5.92 Å². The zero-order chi connectivity index (χ0) is 17.1. The maximum Gasteiger partial charge on any atom is 0.223 e. The molecule has 130 valence electrons. The number of nitrogens with zero attached hydrogens (tertiary/aromatic N) is 2. The van der Waals surface area contributed by atoms with Crippen LogP contribution in [-0.4, -0.2) is 60.9 Å². The van der Waals surface area contributed by atoms with Crippen LogP contribution in [0.1, 0.15) is 30.4 Å². The Morgan fingerprint density at radius 1 is 1.21 bits per heavy atom. The summed E-state index contributed by atoms with van der Waals surface area (Å²) in [7, 11) is 0. The van der Waals surface area contributed by atoms with Crippen LogP contribution in [0.3, 0.4) is 0 Å². The number of hydrogen-bond donors (Lipinski definition) is 1. The second kappa shape index (κ2) is 7.34. The number of hydrogen-bond acceptors (Lipinski definition) is 3. The topological polar surface area (TPSA) is 52.7 Å². The number of amides is 2. The van der Waals surface area contributed by atoms with E-state index in [1.807, 2.05) is 4.90 Å². The molecule has 0 bridgehead atoms. The third-order valence-electron chi connectivity index (χ3n) is 5.14. The van der Waals surface area contributed by atoms with Crippen molar-refractivity contribution in [3.8, 4) is 0 Å². The van der Waals surface area contributed by atoms with Gasteiger partial charge in [0.1, 0.15) is 0 Å². The number of carbonyl (C=O) groups excluding carboxylic acids is 2. The van der Waals surface area contributed by atoms with Crippen LogP contribution in [0.5, 0.6) is 0 Å². The van der Waals surface area contributed by atoms with E-state index < -0.39 is 0 Å². The Bertz CT molecular complexity index is 608. The monoisotopic (exact) mass is 329 g/mol. The molecule has 0 spiro atoms. The molecule has 0 radical (unpaired) electrons. The minimum absolute atomic E-state index is 0.140. The van der Waals surface area contributed by atoms with Crippen LogP contribution in [0.15, 0.2) is 24.3 Å². The fraction of sp³-hybridized carbons (Fsp3) is 0.579. The van der Waals surface area contributed by atoms with Crippen molar-refractivity contribution in [1.82, 2.24) is 15.1 Å². The van der Waals surface area contributed by atoms with E-state index in [-0.39, 0.29) is 17.7 Å². The molecule has 1 saturated heterocycles. The quantitative estimate of drug-likeness (QED) is 0.888. The Kier molecular flexibility index (Phi) is 5.19. The summed E-state index contributed by atoms with van der Waals surface area (Å²) in [5, 5.41) is 3.08. The van der Waals surface area contributed by atoms with E-state index >= 15 is 0 Å². The van der Waals surface area contributed by atoms with Crippen molar-refractivity contribution < 1.29 is 9.59 Å². The van der Waals surface area contributed by atoms with E-state index in [4.69, 9.17) is 0 Å². The van der Waals surface area contributed by atoms with Gasteiger partial charge in [-0.2, -0.15) is 0 Å². The molecule has 2 aliphatic rings. The fourth-order valence-corrected chi connectivity index (χ4v) is 3.51. The van der Waals surface area contributed by atoms with Gasteiger partial charge >= 0.3 is 0 Å². The molecule has 1 saturated carbocycles. The molecule has 1 aromatic carbocycles. The van der Waals surface area contributed by atoms with E-state index in [2.05, 4.69) is 41.4 Å². The lowest BCUT2D eigenvalue weighted by atomic mass is 10.1. The van der Waals surface area contributed by atoms with Crippen molar-refractivity contribution in [3.63, 3.8) is 0 Å². The van der Waals surface area contributed by atoms with Gasteiger partial charge in [-0.05, 0) is 24.8 Å². The second-order valence-electron chi connectivity index (χ2n) is 7.00. The zero-order valence-electron chi connectivity index (χ0n) is 14.6. The summed E-state index contributed by atoms with van der Waals surface area (Å²) in [4.78, 5) is 27.8. The zero-order valence-corrected chi connectivity index (χ0v) is 14.6. The lowest BCUT2D eigenvalue weighted by Crippen LogP contribution is -2.49. The van der Waals surface area contributed by atoms with Gasteiger partial charge in [0.25, 0.3) is 0 Å². The highest BCUT2D eigenvalue weighted by Crippen LogP contribution is 2.47. The summed E-state index contributed by atoms with van der Waals surface area (Å²) in [5.41, 5.74) is 2.54. The van der Waals surface area contributed by atoms with Gasteiger partial charge in [-0.1, -0.05) is 29.8 Å². The van der Waals surface area contributed by atoms with Gasteiger partial charge in [-0.15, -0.1) is 0 Å². The van der Waals surface area contributed by atoms with E-state index in [0.29, 0.717) is 12.5 Å². The predicted molar refractivity (Wildman–Crippen MR) is 93.7 cm³/mol. The first-order valence-corrected chi connectivity index (χ1v) is 8.87. The molecule has 2 fully saturated rings. The number of piperazine rings is 1. The fourth-order valence-electron chi connectivity index (χ4n) is 3.51. The molecule has 1 aromatic rings. The van der Waals surface area contributed by atoms with Crippen LogP contribution in [0, 0.1) is 12.8 Å². The van der Waals surface area contributed by atoms with Gasteiger partial charge < -0.3 is 10.2 Å². The summed E-state index contributed by atoms with van der Waals surface area (Å²) in [6.07, 6.45) is 0.965. The summed E-state index contributed by atoms with van der Waals surface area (Å²) >= 11 is 0. The van der Waals surface area contributed by atoms with E-state index in [1.54, 1.807) is 6.92 Å². The minimum atomic E-state index is 0.140.